The van der Waals surface area contributed by atoms with Crippen LogP contribution in [0, 0.1) is 0 Å². The molecule has 8 aromatic carbocycles. The van der Waals surface area contributed by atoms with E-state index in [1.54, 1.807) is 0 Å². The van der Waals surface area contributed by atoms with Crippen molar-refractivity contribution in [3.05, 3.63) is 157 Å². The monoisotopic (exact) mass is 546 g/mol. The van der Waals surface area contributed by atoms with Crippen LogP contribution in [0.3, 0.4) is 0 Å². The van der Waals surface area contributed by atoms with E-state index in [4.69, 9.17) is 0 Å². The summed E-state index contributed by atoms with van der Waals surface area (Å²) in [7, 11) is 0. The molecule has 0 bridgehead atoms. The van der Waals surface area contributed by atoms with Gasteiger partial charge in [-0.15, -0.1) is 0 Å². The molecule has 0 heterocycles. The van der Waals surface area contributed by atoms with E-state index < -0.39 is 0 Å². The second-order valence-corrected chi connectivity index (χ2v) is 12.6. The van der Waals surface area contributed by atoms with E-state index in [0.717, 1.165) is 0 Å². The van der Waals surface area contributed by atoms with Crippen molar-refractivity contribution in [1.82, 2.24) is 0 Å². The largest absolute Gasteiger partial charge is 0.0619 e. The Morgan fingerprint density at radius 3 is 1.53 bits per heavy atom. The van der Waals surface area contributed by atoms with E-state index in [1.165, 1.54) is 87.6 Å². The summed E-state index contributed by atoms with van der Waals surface area (Å²) in [5.74, 6) is 0. The summed E-state index contributed by atoms with van der Waals surface area (Å²) >= 11 is 0. The molecular weight excluding hydrogens is 516 g/mol. The fourth-order valence-corrected chi connectivity index (χ4v) is 7.40. The third kappa shape index (κ3) is 3.70. The summed E-state index contributed by atoms with van der Waals surface area (Å²) in [5.41, 5.74) is 10.6. The first kappa shape index (κ1) is 24.4. The van der Waals surface area contributed by atoms with Gasteiger partial charge >= 0.3 is 0 Å². The molecule has 0 unspecified atom stereocenters. The molecule has 0 saturated heterocycles. The SMILES string of the molecule is CC1(C)c2ccccc2-c2cc3ccc4ccc(-c5ccc6cc(-c7ccc8ccccc8c7)ccc6c5)cc4c3cc21. The molecular formula is C43H30. The lowest BCUT2D eigenvalue weighted by molar-refractivity contribution is 0.661. The first-order valence-electron chi connectivity index (χ1n) is 15.2. The Labute approximate surface area is 251 Å². The molecule has 8 aromatic rings. The van der Waals surface area contributed by atoms with Gasteiger partial charge in [0.1, 0.15) is 0 Å². The van der Waals surface area contributed by atoms with Crippen molar-refractivity contribution in [3.63, 3.8) is 0 Å². The molecule has 202 valence electrons. The van der Waals surface area contributed by atoms with Crippen molar-refractivity contribution < 1.29 is 0 Å². The molecule has 0 spiro atoms. The summed E-state index contributed by atoms with van der Waals surface area (Å²) in [6.07, 6.45) is 0. The maximum absolute atomic E-state index is 2.46. The fraction of sp³-hybridized carbons (Fsp3) is 0.0698. The molecule has 0 amide bonds. The summed E-state index contributed by atoms with van der Waals surface area (Å²) in [6.45, 7) is 4.72. The Morgan fingerprint density at radius 2 is 0.814 bits per heavy atom. The zero-order chi connectivity index (χ0) is 28.7. The van der Waals surface area contributed by atoms with Crippen molar-refractivity contribution in [2.24, 2.45) is 0 Å². The van der Waals surface area contributed by atoms with Crippen LogP contribution in [0.15, 0.2) is 146 Å². The highest BCUT2D eigenvalue weighted by atomic mass is 14.4. The molecule has 0 N–H and O–H groups in total. The molecule has 1 aliphatic carbocycles. The third-order valence-corrected chi connectivity index (χ3v) is 9.80. The van der Waals surface area contributed by atoms with Crippen LogP contribution in [-0.4, -0.2) is 0 Å². The highest BCUT2D eigenvalue weighted by molar-refractivity contribution is 6.11. The van der Waals surface area contributed by atoms with Crippen LogP contribution in [0.5, 0.6) is 0 Å². The average molecular weight is 547 g/mol. The molecule has 43 heavy (non-hydrogen) atoms. The predicted molar refractivity (Wildman–Crippen MR) is 185 cm³/mol. The number of benzene rings is 8. The van der Waals surface area contributed by atoms with Crippen molar-refractivity contribution in [2.45, 2.75) is 19.3 Å². The van der Waals surface area contributed by atoms with Crippen molar-refractivity contribution in [1.29, 1.82) is 0 Å². The van der Waals surface area contributed by atoms with Crippen molar-refractivity contribution in [3.8, 4) is 33.4 Å². The molecule has 0 aromatic heterocycles. The lowest BCUT2D eigenvalue weighted by Crippen LogP contribution is -2.14. The molecule has 1 aliphatic rings. The van der Waals surface area contributed by atoms with Crippen LogP contribution in [0.2, 0.25) is 0 Å². The maximum Gasteiger partial charge on any atom is 0.0159 e. The fourth-order valence-electron chi connectivity index (χ4n) is 7.40. The van der Waals surface area contributed by atoms with Gasteiger partial charge in [-0.3, -0.25) is 0 Å². The molecule has 0 atom stereocenters. The summed E-state index contributed by atoms with van der Waals surface area (Å²) in [5, 5.41) is 10.3. The second kappa shape index (κ2) is 8.90. The number of rotatable bonds is 2. The van der Waals surface area contributed by atoms with Gasteiger partial charge in [-0.2, -0.15) is 0 Å². The summed E-state index contributed by atoms with van der Waals surface area (Å²) in [4.78, 5) is 0. The van der Waals surface area contributed by atoms with Gasteiger partial charge in [0.15, 0.2) is 0 Å². The minimum absolute atomic E-state index is 0.00998. The van der Waals surface area contributed by atoms with Crippen LogP contribution >= 0.6 is 0 Å². The molecule has 9 rings (SSSR count). The van der Waals surface area contributed by atoms with E-state index >= 15 is 0 Å². The van der Waals surface area contributed by atoms with Crippen LogP contribution in [0.1, 0.15) is 25.0 Å². The summed E-state index contributed by atoms with van der Waals surface area (Å²) < 4.78 is 0. The molecule has 0 saturated carbocycles. The van der Waals surface area contributed by atoms with Gasteiger partial charge in [0.2, 0.25) is 0 Å². The third-order valence-electron chi connectivity index (χ3n) is 9.80. The zero-order valence-electron chi connectivity index (χ0n) is 24.4. The predicted octanol–water partition coefficient (Wildman–Crippen LogP) is 11.9. The Morgan fingerprint density at radius 1 is 0.326 bits per heavy atom. The van der Waals surface area contributed by atoms with Crippen molar-refractivity contribution in [2.75, 3.05) is 0 Å². The molecule has 0 nitrogen and oxygen atoms in total. The highest BCUT2D eigenvalue weighted by Crippen LogP contribution is 2.50. The number of hydrogen-bond donors (Lipinski definition) is 0. The zero-order valence-corrected chi connectivity index (χ0v) is 24.4. The van der Waals surface area contributed by atoms with E-state index in [2.05, 4.69) is 159 Å². The second-order valence-electron chi connectivity index (χ2n) is 12.6. The minimum Gasteiger partial charge on any atom is -0.0619 e. The van der Waals surface area contributed by atoms with Gasteiger partial charge in [-0.1, -0.05) is 123 Å². The van der Waals surface area contributed by atoms with Crippen LogP contribution < -0.4 is 0 Å². The van der Waals surface area contributed by atoms with Gasteiger partial charge in [0.25, 0.3) is 0 Å². The first-order chi connectivity index (χ1) is 21.0. The summed E-state index contributed by atoms with van der Waals surface area (Å²) in [6, 6.07) is 54.3. The van der Waals surface area contributed by atoms with Gasteiger partial charge in [-0.05, 0) is 124 Å². The lowest BCUT2D eigenvalue weighted by atomic mass is 9.81. The highest BCUT2D eigenvalue weighted by Gasteiger charge is 2.35. The van der Waals surface area contributed by atoms with Gasteiger partial charge < -0.3 is 0 Å². The Kier molecular flexibility index (Phi) is 5.05. The normalized spacial score (nSPS) is 13.5. The molecule has 0 aliphatic heterocycles. The van der Waals surface area contributed by atoms with E-state index in [-0.39, 0.29) is 5.41 Å². The Hall–Kier alpha value is -5.20. The minimum atomic E-state index is -0.00998. The van der Waals surface area contributed by atoms with Crippen molar-refractivity contribution >= 4 is 43.1 Å². The van der Waals surface area contributed by atoms with E-state index in [0.29, 0.717) is 0 Å². The van der Waals surface area contributed by atoms with Crippen LogP contribution in [-0.2, 0) is 5.41 Å². The smallest absolute Gasteiger partial charge is 0.0159 e. The molecule has 0 radical (unpaired) electrons. The number of hydrogen-bond acceptors (Lipinski definition) is 0. The van der Waals surface area contributed by atoms with E-state index in [9.17, 15) is 0 Å². The van der Waals surface area contributed by atoms with Crippen LogP contribution in [0.4, 0.5) is 0 Å². The van der Waals surface area contributed by atoms with Crippen LogP contribution in [0.25, 0.3) is 76.5 Å². The maximum atomic E-state index is 2.46. The molecule has 0 fully saturated rings. The quantitative estimate of drug-likeness (QED) is 0.189. The first-order valence-corrected chi connectivity index (χ1v) is 15.2. The molecule has 0 heteroatoms. The Balaban J connectivity index is 1.14. The van der Waals surface area contributed by atoms with E-state index in [1.807, 2.05) is 0 Å². The Bertz CT molecular complexity index is 2420. The average Bonchev–Trinajstić information content (AvgIpc) is 3.28. The topological polar surface area (TPSA) is 0 Å². The van der Waals surface area contributed by atoms with Gasteiger partial charge in [0.05, 0.1) is 0 Å². The lowest BCUT2D eigenvalue weighted by Gasteiger charge is -2.22. The van der Waals surface area contributed by atoms with Gasteiger partial charge in [0, 0.05) is 5.41 Å². The number of fused-ring (bicyclic) bond motifs is 8. The standard InChI is InChI=1S/C43H30/c1-43(2)41-10-6-5-9-37(41)40-25-36-20-13-28-12-15-35(24-38(28)39(36)26-42(40)43)34-19-18-32-22-31(16-17-33(32)23-34)30-14-11-27-7-3-4-8-29(27)21-30/h3-26H,1-2H3. The van der Waals surface area contributed by atoms with Gasteiger partial charge in [-0.25, -0.2) is 0 Å².